The van der Waals surface area contributed by atoms with Gasteiger partial charge in [-0.05, 0) is 25.0 Å². The van der Waals surface area contributed by atoms with Crippen molar-refractivity contribution in [3.05, 3.63) is 60.8 Å². The fourth-order valence-electron chi connectivity index (χ4n) is 3.83. The Bertz CT molecular complexity index is 1040. The molecular weight excluding hydrogens is 545 g/mol. The molecule has 9 nitrogen and oxygen atoms in total. The number of imidazole rings is 1. The number of ether oxygens (including phenoxy) is 2. The lowest BCUT2D eigenvalue weighted by Crippen LogP contribution is -2.44. The standard InChI is InChI=1S/C24H31N7O2.HI/c1-4-26-24(28-15-18-5-6-23(27-14-18)31-10-8-25-17-31)29-19-7-9-30(16-19)20-11-21(32-2)13-22(12-20)33-3;/h5-6,8,10-14,17,19H,4,7,9,15-16H2,1-3H3,(H2,26,28,29);1H. The molecule has 0 spiro atoms. The van der Waals surface area contributed by atoms with Crippen molar-refractivity contribution in [2.75, 3.05) is 38.8 Å². The molecule has 1 saturated heterocycles. The van der Waals surface area contributed by atoms with Gasteiger partial charge in [-0.15, -0.1) is 24.0 Å². The van der Waals surface area contributed by atoms with Crippen LogP contribution in [0.3, 0.4) is 0 Å². The molecule has 0 aliphatic carbocycles. The van der Waals surface area contributed by atoms with E-state index < -0.39 is 0 Å². The third-order valence-corrected chi connectivity index (χ3v) is 5.57. The first-order valence-corrected chi connectivity index (χ1v) is 11.1. The maximum atomic E-state index is 5.42. The Morgan fingerprint density at radius 1 is 1.18 bits per heavy atom. The number of nitrogens with one attached hydrogen (secondary N) is 2. The number of anilines is 1. The first-order valence-electron chi connectivity index (χ1n) is 11.1. The van der Waals surface area contributed by atoms with E-state index in [-0.39, 0.29) is 24.0 Å². The average molecular weight is 577 g/mol. The van der Waals surface area contributed by atoms with Gasteiger partial charge in [0.1, 0.15) is 23.6 Å². The molecule has 34 heavy (non-hydrogen) atoms. The second-order valence-corrected chi connectivity index (χ2v) is 7.84. The minimum Gasteiger partial charge on any atom is -0.497 e. The Morgan fingerprint density at radius 2 is 1.97 bits per heavy atom. The van der Waals surface area contributed by atoms with E-state index in [4.69, 9.17) is 14.5 Å². The maximum absolute atomic E-state index is 5.42. The van der Waals surface area contributed by atoms with Crippen LogP contribution in [0.5, 0.6) is 11.5 Å². The Kier molecular flexibility index (Phi) is 9.37. The molecule has 10 heteroatoms. The molecule has 1 aliphatic heterocycles. The summed E-state index contributed by atoms with van der Waals surface area (Å²) in [6.45, 7) is 5.25. The predicted octanol–water partition coefficient (Wildman–Crippen LogP) is 3.24. The van der Waals surface area contributed by atoms with Crippen LogP contribution in [0.15, 0.2) is 60.2 Å². The SMILES string of the molecule is CCNC(=NCc1ccc(-n2ccnc2)nc1)NC1CCN(c2cc(OC)cc(OC)c2)C1.I. The molecule has 2 N–H and O–H groups in total. The summed E-state index contributed by atoms with van der Waals surface area (Å²) in [4.78, 5) is 15.7. The van der Waals surface area contributed by atoms with Crippen LogP contribution < -0.4 is 25.0 Å². The number of aromatic nitrogens is 3. The van der Waals surface area contributed by atoms with Crippen LogP contribution in [0.1, 0.15) is 18.9 Å². The number of hydrogen-bond acceptors (Lipinski definition) is 6. The van der Waals surface area contributed by atoms with Crippen molar-refractivity contribution in [2.24, 2.45) is 4.99 Å². The van der Waals surface area contributed by atoms with E-state index in [0.29, 0.717) is 12.6 Å². The van der Waals surface area contributed by atoms with E-state index in [1.807, 2.05) is 47.3 Å². The summed E-state index contributed by atoms with van der Waals surface area (Å²) >= 11 is 0. The van der Waals surface area contributed by atoms with Crippen molar-refractivity contribution in [3.8, 4) is 17.3 Å². The normalized spacial score (nSPS) is 15.6. The molecule has 1 unspecified atom stereocenters. The van der Waals surface area contributed by atoms with Crippen molar-refractivity contribution < 1.29 is 9.47 Å². The summed E-state index contributed by atoms with van der Waals surface area (Å²) in [5.74, 6) is 3.24. The van der Waals surface area contributed by atoms with Crippen LogP contribution in [0, 0.1) is 0 Å². The summed E-state index contributed by atoms with van der Waals surface area (Å²) < 4.78 is 12.7. The minimum absolute atomic E-state index is 0. The molecule has 3 aromatic rings. The Balaban J connectivity index is 0.00000324. The van der Waals surface area contributed by atoms with E-state index in [1.165, 1.54) is 0 Å². The van der Waals surface area contributed by atoms with Gasteiger partial charge in [0.15, 0.2) is 5.96 Å². The lowest BCUT2D eigenvalue weighted by molar-refractivity contribution is 0.394. The summed E-state index contributed by atoms with van der Waals surface area (Å²) in [5, 5.41) is 6.93. The highest BCUT2D eigenvalue weighted by Gasteiger charge is 2.24. The molecule has 2 aromatic heterocycles. The molecule has 0 saturated carbocycles. The van der Waals surface area contributed by atoms with Crippen LogP contribution in [-0.4, -0.2) is 60.4 Å². The lowest BCUT2D eigenvalue weighted by atomic mass is 10.2. The lowest BCUT2D eigenvalue weighted by Gasteiger charge is -2.21. The van der Waals surface area contributed by atoms with E-state index in [2.05, 4.69) is 32.4 Å². The Labute approximate surface area is 217 Å². The highest BCUT2D eigenvalue weighted by atomic mass is 127. The van der Waals surface area contributed by atoms with Gasteiger partial charge in [0.25, 0.3) is 0 Å². The van der Waals surface area contributed by atoms with Gasteiger partial charge in [-0.3, -0.25) is 4.57 Å². The van der Waals surface area contributed by atoms with Gasteiger partial charge in [0, 0.05) is 68.2 Å². The highest BCUT2D eigenvalue weighted by molar-refractivity contribution is 14.0. The Morgan fingerprint density at radius 3 is 2.59 bits per heavy atom. The molecule has 1 aliphatic rings. The van der Waals surface area contributed by atoms with Crippen LogP contribution in [-0.2, 0) is 6.54 Å². The maximum Gasteiger partial charge on any atom is 0.191 e. The fraction of sp³-hybridized carbons (Fsp3) is 0.375. The second kappa shape index (κ2) is 12.4. The van der Waals surface area contributed by atoms with Gasteiger partial charge in [0.05, 0.1) is 20.8 Å². The number of nitrogens with zero attached hydrogens (tertiary/aromatic N) is 5. The molecule has 1 atom stereocenters. The van der Waals surface area contributed by atoms with Gasteiger partial charge >= 0.3 is 0 Å². The smallest absolute Gasteiger partial charge is 0.191 e. The van der Waals surface area contributed by atoms with Crippen molar-refractivity contribution >= 4 is 35.6 Å². The number of pyridine rings is 1. The van der Waals surface area contributed by atoms with Gasteiger partial charge in [-0.2, -0.15) is 0 Å². The van der Waals surface area contributed by atoms with Crippen molar-refractivity contribution in [1.29, 1.82) is 0 Å². The molecule has 0 amide bonds. The summed E-state index contributed by atoms with van der Waals surface area (Å²) in [6, 6.07) is 10.3. The van der Waals surface area contributed by atoms with Crippen LogP contribution in [0.2, 0.25) is 0 Å². The number of halogens is 1. The van der Waals surface area contributed by atoms with E-state index in [9.17, 15) is 0 Å². The zero-order valence-electron chi connectivity index (χ0n) is 19.8. The van der Waals surface area contributed by atoms with Crippen molar-refractivity contribution in [2.45, 2.75) is 25.9 Å². The molecule has 1 aromatic carbocycles. The average Bonchev–Trinajstić information content (AvgIpc) is 3.55. The van der Waals surface area contributed by atoms with Gasteiger partial charge < -0.3 is 25.0 Å². The summed E-state index contributed by atoms with van der Waals surface area (Å²) in [6.07, 6.45) is 8.23. The Hall–Kier alpha value is -3.02. The molecule has 182 valence electrons. The zero-order chi connectivity index (χ0) is 23.0. The number of hydrogen-bond donors (Lipinski definition) is 2. The van der Waals surface area contributed by atoms with Crippen molar-refractivity contribution in [3.63, 3.8) is 0 Å². The number of guanidine groups is 1. The first kappa shape index (κ1) is 25.6. The summed E-state index contributed by atoms with van der Waals surface area (Å²) in [7, 11) is 3.35. The number of benzene rings is 1. The summed E-state index contributed by atoms with van der Waals surface area (Å²) in [5.41, 5.74) is 2.15. The topological polar surface area (TPSA) is 88.8 Å². The molecule has 4 rings (SSSR count). The number of aliphatic imine (C=N–C) groups is 1. The molecule has 0 bridgehead atoms. The fourth-order valence-corrected chi connectivity index (χ4v) is 3.83. The van der Waals surface area contributed by atoms with E-state index >= 15 is 0 Å². The van der Waals surface area contributed by atoms with Crippen molar-refractivity contribution in [1.82, 2.24) is 25.2 Å². The quantitative estimate of drug-likeness (QED) is 0.242. The zero-order valence-corrected chi connectivity index (χ0v) is 22.1. The van der Waals surface area contributed by atoms with Gasteiger partial charge in [-0.1, -0.05) is 6.07 Å². The van der Waals surface area contributed by atoms with Crippen LogP contribution in [0.25, 0.3) is 5.82 Å². The first-order chi connectivity index (χ1) is 16.2. The molecule has 3 heterocycles. The largest absolute Gasteiger partial charge is 0.497 e. The highest BCUT2D eigenvalue weighted by Crippen LogP contribution is 2.30. The van der Waals surface area contributed by atoms with Crippen LogP contribution in [0.4, 0.5) is 5.69 Å². The third kappa shape index (κ3) is 6.52. The molecule has 1 fully saturated rings. The minimum atomic E-state index is 0. The predicted molar refractivity (Wildman–Crippen MR) is 145 cm³/mol. The third-order valence-electron chi connectivity index (χ3n) is 5.57. The van der Waals surface area contributed by atoms with E-state index in [0.717, 1.165) is 60.6 Å². The second-order valence-electron chi connectivity index (χ2n) is 7.84. The number of methoxy groups -OCH3 is 2. The van der Waals surface area contributed by atoms with E-state index in [1.54, 1.807) is 26.7 Å². The monoisotopic (exact) mass is 577 g/mol. The van der Waals surface area contributed by atoms with Gasteiger partial charge in [-0.25, -0.2) is 15.0 Å². The molecular formula is C24H32IN7O2. The number of rotatable bonds is 8. The van der Waals surface area contributed by atoms with Crippen LogP contribution >= 0.6 is 24.0 Å². The van der Waals surface area contributed by atoms with Gasteiger partial charge in [0.2, 0.25) is 0 Å². The molecule has 0 radical (unpaired) electrons.